The van der Waals surface area contributed by atoms with Crippen LogP contribution in [0.5, 0.6) is 0 Å². The molecular weight excluding hydrogens is 263 g/mol. The molecule has 0 aromatic heterocycles. The third-order valence-electron chi connectivity index (χ3n) is 2.00. The Kier molecular flexibility index (Phi) is 5.54. The first kappa shape index (κ1) is 14.4. The molecule has 0 saturated heterocycles. The van der Waals surface area contributed by atoms with Crippen LogP contribution in [0.3, 0.4) is 0 Å². The number of anilines is 1. The summed E-state index contributed by atoms with van der Waals surface area (Å²) in [5.74, 6) is -2.32. The van der Waals surface area contributed by atoms with Crippen molar-refractivity contribution in [2.75, 3.05) is 18.5 Å². The van der Waals surface area contributed by atoms with E-state index < -0.39 is 17.6 Å². The summed E-state index contributed by atoms with van der Waals surface area (Å²) in [6.45, 7) is 0.127. The molecule has 2 amide bonds. The zero-order valence-corrected chi connectivity index (χ0v) is 10.1. The van der Waals surface area contributed by atoms with E-state index in [1.54, 1.807) is 0 Å². The van der Waals surface area contributed by atoms with E-state index in [1.807, 2.05) is 0 Å². The number of hydrogen-bond donors (Lipinski definition) is 3. The van der Waals surface area contributed by atoms with Crippen molar-refractivity contribution in [1.82, 2.24) is 5.32 Å². The van der Waals surface area contributed by atoms with E-state index >= 15 is 0 Å². The van der Waals surface area contributed by atoms with Gasteiger partial charge in [-0.15, -0.1) is 0 Å². The Morgan fingerprint density at radius 2 is 2.06 bits per heavy atom. The number of amides is 2. The maximum atomic E-state index is 12.9. The van der Waals surface area contributed by atoms with E-state index in [2.05, 4.69) is 10.6 Å². The Balaban J connectivity index is 2.53. The second-order valence-electron chi connectivity index (χ2n) is 3.42. The highest BCUT2D eigenvalue weighted by Gasteiger charge is 2.13. The third kappa shape index (κ3) is 4.31. The fraction of sp³-hybridized carbons (Fsp3) is 0.273. The molecule has 0 atom stereocenters. The number of nitrogens with one attached hydrogen (secondary N) is 2. The van der Waals surface area contributed by atoms with Crippen LogP contribution in [0.4, 0.5) is 10.1 Å². The number of rotatable bonds is 4. The molecule has 0 bridgehead atoms. The van der Waals surface area contributed by atoms with E-state index in [9.17, 15) is 14.0 Å². The summed E-state index contributed by atoms with van der Waals surface area (Å²) in [7, 11) is 0. The van der Waals surface area contributed by atoms with E-state index in [0.717, 1.165) is 6.07 Å². The van der Waals surface area contributed by atoms with Gasteiger partial charge < -0.3 is 15.7 Å². The minimum Gasteiger partial charge on any atom is -0.396 e. The van der Waals surface area contributed by atoms with Crippen LogP contribution < -0.4 is 10.6 Å². The van der Waals surface area contributed by atoms with Gasteiger partial charge in [0.2, 0.25) is 0 Å². The molecule has 3 N–H and O–H groups in total. The molecular formula is C11H12ClFN2O3. The van der Waals surface area contributed by atoms with Gasteiger partial charge >= 0.3 is 11.8 Å². The smallest absolute Gasteiger partial charge is 0.313 e. The lowest BCUT2D eigenvalue weighted by Gasteiger charge is -2.06. The summed E-state index contributed by atoms with van der Waals surface area (Å²) in [6, 6.07) is 3.58. The van der Waals surface area contributed by atoms with Gasteiger partial charge in [-0.1, -0.05) is 11.6 Å². The Morgan fingerprint density at radius 3 is 2.67 bits per heavy atom. The summed E-state index contributed by atoms with van der Waals surface area (Å²) in [4.78, 5) is 22.6. The largest absolute Gasteiger partial charge is 0.396 e. The Bertz CT molecular complexity index is 454. The van der Waals surface area contributed by atoms with Gasteiger partial charge in [0.05, 0.1) is 5.02 Å². The van der Waals surface area contributed by atoms with Crippen LogP contribution in [0.1, 0.15) is 6.42 Å². The fourth-order valence-electron chi connectivity index (χ4n) is 1.12. The number of carbonyl (C=O) groups is 2. The number of hydrogen-bond acceptors (Lipinski definition) is 3. The number of halogens is 2. The summed E-state index contributed by atoms with van der Waals surface area (Å²) >= 11 is 5.52. The summed E-state index contributed by atoms with van der Waals surface area (Å²) in [6.07, 6.45) is 0.362. The first-order valence-electron chi connectivity index (χ1n) is 5.19. The Hall–Kier alpha value is -1.66. The number of carbonyl (C=O) groups excluding carboxylic acids is 2. The molecule has 98 valence electrons. The zero-order chi connectivity index (χ0) is 13.5. The molecule has 0 aliphatic rings. The maximum absolute atomic E-state index is 12.9. The van der Waals surface area contributed by atoms with Gasteiger partial charge in [0, 0.05) is 18.8 Å². The summed E-state index contributed by atoms with van der Waals surface area (Å²) in [5.41, 5.74) is 0.226. The van der Waals surface area contributed by atoms with Gasteiger partial charge in [0.15, 0.2) is 0 Å². The highest BCUT2D eigenvalue weighted by molar-refractivity contribution is 6.39. The van der Waals surface area contributed by atoms with Crippen LogP contribution in [0, 0.1) is 5.82 Å². The van der Waals surface area contributed by atoms with Gasteiger partial charge in [-0.3, -0.25) is 9.59 Å². The molecule has 7 heteroatoms. The average Bonchev–Trinajstić information content (AvgIpc) is 2.34. The zero-order valence-electron chi connectivity index (χ0n) is 9.37. The normalized spacial score (nSPS) is 9.94. The minimum atomic E-state index is -0.879. The second kappa shape index (κ2) is 6.93. The van der Waals surface area contributed by atoms with Crippen LogP contribution in [0.15, 0.2) is 18.2 Å². The van der Waals surface area contributed by atoms with Crippen molar-refractivity contribution in [1.29, 1.82) is 0 Å². The minimum absolute atomic E-state index is 0.0739. The highest BCUT2D eigenvalue weighted by Crippen LogP contribution is 2.19. The lowest BCUT2D eigenvalue weighted by molar-refractivity contribution is -0.136. The molecule has 1 aromatic carbocycles. The monoisotopic (exact) mass is 274 g/mol. The van der Waals surface area contributed by atoms with Gasteiger partial charge in [0.1, 0.15) is 5.82 Å². The summed E-state index contributed by atoms with van der Waals surface area (Å²) < 4.78 is 12.9. The Labute approximate surface area is 108 Å². The SMILES string of the molecule is O=C(NCCCO)C(=O)Nc1ccc(F)c(Cl)c1. The van der Waals surface area contributed by atoms with Gasteiger partial charge in [-0.05, 0) is 24.6 Å². The molecule has 0 saturated carbocycles. The first-order valence-corrected chi connectivity index (χ1v) is 5.57. The molecule has 5 nitrogen and oxygen atoms in total. The van der Waals surface area contributed by atoms with E-state index in [0.29, 0.717) is 6.42 Å². The Morgan fingerprint density at radius 1 is 1.33 bits per heavy atom. The predicted octanol–water partition coefficient (Wildman–Crippen LogP) is 0.916. The van der Waals surface area contributed by atoms with Crippen LogP contribution in [0.2, 0.25) is 5.02 Å². The van der Waals surface area contributed by atoms with Crippen molar-refractivity contribution in [3.8, 4) is 0 Å². The van der Waals surface area contributed by atoms with Crippen molar-refractivity contribution in [3.05, 3.63) is 29.0 Å². The molecule has 0 radical (unpaired) electrons. The van der Waals surface area contributed by atoms with Crippen molar-refractivity contribution in [3.63, 3.8) is 0 Å². The molecule has 0 spiro atoms. The van der Waals surface area contributed by atoms with Crippen molar-refractivity contribution < 1.29 is 19.1 Å². The fourth-order valence-corrected chi connectivity index (χ4v) is 1.30. The maximum Gasteiger partial charge on any atom is 0.313 e. The number of aliphatic hydroxyl groups is 1. The van der Waals surface area contributed by atoms with Gasteiger partial charge in [-0.2, -0.15) is 0 Å². The standard InChI is InChI=1S/C11H12ClFN2O3/c12-8-6-7(2-3-9(8)13)15-11(18)10(17)14-4-1-5-16/h2-3,6,16H,1,4-5H2,(H,14,17)(H,15,18). The average molecular weight is 275 g/mol. The topological polar surface area (TPSA) is 78.4 Å². The summed E-state index contributed by atoms with van der Waals surface area (Å²) in [5, 5.41) is 12.9. The quantitative estimate of drug-likeness (QED) is 0.564. The molecule has 0 unspecified atom stereocenters. The number of aliphatic hydroxyl groups excluding tert-OH is 1. The molecule has 0 aliphatic carbocycles. The second-order valence-corrected chi connectivity index (χ2v) is 3.82. The van der Waals surface area contributed by atoms with Crippen LogP contribution >= 0.6 is 11.6 Å². The van der Waals surface area contributed by atoms with Gasteiger partial charge in [-0.25, -0.2) is 4.39 Å². The lowest BCUT2D eigenvalue weighted by atomic mass is 10.3. The first-order chi connectivity index (χ1) is 8.54. The predicted molar refractivity (Wildman–Crippen MR) is 64.8 cm³/mol. The highest BCUT2D eigenvalue weighted by atomic mass is 35.5. The molecule has 0 fully saturated rings. The van der Waals surface area contributed by atoms with E-state index in [1.165, 1.54) is 12.1 Å². The third-order valence-corrected chi connectivity index (χ3v) is 2.29. The molecule has 18 heavy (non-hydrogen) atoms. The van der Waals surface area contributed by atoms with Crippen molar-refractivity contribution >= 4 is 29.1 Å². The molecule has 1 rings (SSSR count). The van der Waals surface area contributed by atoms with Crippen LogP contribution in [-0.2, 0) is 9.59 Å². The van der Waals surface area contributed by atoms with Crippen molar-refractivity contribution in [2.24, 2.45) is 0 Å². The van der Waals surface area contributed by atoms with E-state index in [-0.39, 0.29) is 23.9 Å². The van der Waals surface area contributed by atoms with E-state index in [4.69, 9.17) is 16.7 Å². The lowest BCUT2D eigenvalue weighted by Crippen LogP contribution is -2.36. The molecule has 1 aromatic rings. The van der Waals surface area contributed by atoms with Crippen molar-refractivity contribution in [2.45, 2.75) is 6.42 Å². The number of benzene rings is 1. The van der Waals surface area contributed by atoms with Crippen LogP contribution in [0.25, 0.3) is 0 Å². The molecule has 0 heterocycles. The van der Waals surface area contributed by atoms with Crippen LogP contribution in [-0.4, -0.2) is 30.1 Å². The van der Waals surface area contributed by atoms with Gasteiger partial charge in [0.25, 0.3) is 0 Å². The molecule has 0 aliphatic heterocycles.